The lowest BCUT2D eigenvalue weighted by Gasteiger charge is -2.08. The first-order chi connectivity index (χ1) is 10.6. The standard InChI is InChI=1S/C18H34O4/c1-2-3-4-8-11-16(19)14-15-17(20)12-9-6-5-7-10-13-18(21)22/h14-17,19-20H,2-13H2,1H3,(H,21,22)/b15-14+. The van der Waals surface area contributed by atoms with E-state index < -0.39 is 18.2 Å². The van der Waals surface area contributed by atoms with Crippen LogP contribution in [0.25, 0.3) is 0 Å². The third-order valence-electron chi connectivity index (χ3n) is 3.80. The van der Waals surface area contributed by atoms with E-state index in [0.717, 1.165) is 51.4 Å². The van der Waals surface area contributed by atoms with E-state index in [1.165, 1.54) is 12.8 Å². The summed E-state index contributed by atoms with van der Waals surface area (Å²) >= 11 is 0. The Bertz CT molecular complexity index is 289. The van der Waals surface area contributed by atoms with Gasteiger partial charge in [0.2, 0.25) is 0 Å². The number of carboxylic acid groups (broad SMARTS) is 1. The van der Waals surface area contributed by atoms with Gasteiger partial charge in [-0.1, -0.05) is 70.4 Å². The SMILES string of the molecule is CCCCCCC(O)/C=C/C(O)CCCCCCCC(=O)O. The maximum Gasteiger partial charge on any atom is 0.303 e. The zero-order chi connectivity index (χ0) is 16.6. The fraction of sp³-hybridized carbons (Fsp3) is 0.833. The molecule has 0 rings (SSSR count). The number of rotatable bonds is 15. The van der Waals surface area contributed by atoms with Crippen LogP contribution in [0.2, 0.25) is 0 Å². The summed E-state index contributed by atoms with van der Waals surface area (Å²) in [6.45, 7) is 2.17. The second kappa shape index (κ2) is 15.0. The van der Waals surface area contributed by atoms with E-state index in [2.05, 4.69) is 6.92 Å². The molecule has 0 bridgehead atoms. The summed E-state index contributed by atoms with van der Waals surface area (Å²) in [5.74, 6) is -0.728. The average Bonchev–Trinajstić information content (AvgIpc) is 2.48. The van der Waals surface area contributed by atoms with Crippen molar-refractivity contribution >= 4 is 5.97 Å². The van der Waals surface area contributed by atoms with Crippen molar-refractivity contribution in [3.63, 3.8) is 0 Å². The summed E-state index contributed by atoms with van der Waals surface area (Å²) in [5, 5.41) is 28.1. The van der Waals surface area contributed by atoms with Crippen molar-refractivity contribution in [2.24, 2.45) is 0 Å². The van der Waals surface area contributed by atoms with E-state index in [1.807, 2.05) is 0 Å². The van der Waals surface area contributed by atoms with E-state index in [0.29, 0.717) is 6.42 Å². The maximum absolute atomic E-state index is 10.3. The van der Waals surface area contributed by atoms with Gasteiger partial charge in [0, 0.05) is 6.42 Å². The monoisotopic (exact) mass is 314 g/mol. The van der Waals surface area contributed by atoms with Gasteiger partial charge in [-0.3, -0.25) is 4.79 Å². The molecule has 0 spiro atoms. The van der Waals surface area contributed by atoms with Crippen LogP contribution < -0.4 is 0 Å². The van der Waals surface area contributed by atoms with E-state index in [9.17, 15) is 15.0 Å². The Labute approximate surface area is 135 Å². The Morgan fingerprint density at radius 2 is 1.27 bits per heavy atom. The molecule has 2 unspecified atom stereocenters. The van der Waals surface area contributed by atoms with Gasteiger partial charge < -0.3 is 15.3 Å². The van der Waals surface area contributed by atoms with Crippen LogP contribution in [0.15, 0.2) is 12.2 Å². The number of hydrogen-bond acceptors (Lipinski definition) is 3. The molecule has 22 heavy (non-hydrogen) atoms. The number of hydrogen-bond donors (Lipinski definition) is 3. The second-order valence-electron chi connectivity index (χ2n) is 6.07. The van der Waals surface area contributed by atoms with Gasteiger partial charge >= 0.3 is 5.97 Å². The lowest BCUT2D eigenvalue weighted by Crippen LogP contribution is -2.06. The molecule has 0 saturated heterocycles. The van der Waals surface area contributed by atoms with Crippen LogP contribution in [0, 0.1) is 0 Å². The predicted octanol–water partition coefficient (Wildman–Crippen LogP) is 4.05. The lowest BCUT2D eigenvalue weighted by atomic mass is 10.1. The van der Waals surface area contributed by atoms with Gasteiger partial charge in [0.25, 0.3) is 0 Å². The van der Waals surface area contributed by atoms with Gasteiger partial charge in [-0.25, -0.2) is 0 Å². The lowest BCUT2D eigenvalue weighted by molar-refractivity contribution is -0.137. The Kier molecular flexibility index (Phi) is 14.4. The fourth-order valence-corrected chi connectivity index (χ4v) is 2.39. The molecule has 0 radical (unpaired) electrons. The Hall–Kier alpha value is -0.870. The number of aliphatic carboxylic acids is 1. The molecule has 0 fully saturated rings. The summed E-state index contributed by atoms with van der Waals surface area (Å²) in [7, 11) is 0. The predicted molar refractivity (Wildman–Crippen MR) is 89.9 cm³/mol. The second-order valence-corrected chi connectivity index (χ2v) is 6.07. The minimum atomic E-state index is -0.728. The third kappa shape index (κ3) is 15.5. The Morgan fingerprint density at radius 1 is 0.818 bits per heavy atom. The molecule has 0 heterocycles. The van der Waals surface area contributed by atoms with Crippen molar-refractivity contribution in [3.8, 4) is 0 Å². The minimum Gasteiger partial charge on any atom is -0.481 e. The summed E-state index contributed by atoms with van der Waals surface area (Å²) in [5.41, 5.74) is 0. The van der Waals surface area contributed by atoms with Crippen molar-refractivity contribution in [1.82, 2.24) is 0 Å². The molecule has 0 aliphatic carbocycles. The first-order valence-corrected chi connectivity index (χ1v) is 8.82. The van der Waals surface area contributed by atoms with E-state index in [-0.39, 0.29) is 6.42 Å². The molecule has 0 saturated carbocycles. The summed E-state index contributed by atoms with van der Waals surface area (Å²) in [6.07, 6.45) is 13.5. The Balaban J connectivity index is 3.49. The molecule has 2 atom stereocenters. The van der Waals surface area contributed by atoms with Crippen molar-refractivity contribution in [3.05, 3.63) is 12.2 Å². The smallest absolute Gasteiger partial charge is 0.303 e. The first kappa shape index (κ1) is 21.1. The number of aliphatic hydroxyl groups excluding tert-OH is 2. The van der Waals surface area contributed by atoms with Gasteiger partial charge in [0.15, 0.2) is 0 Å². The average molecular weight is 314 g/mol. The van der Waals surface area contributed by atoms with Gasteiger partial charge in [-0.05, 0) is 19.3 Å². The zero-order valence-electron chi connectivity index (χ0n) is 14.0. The van der Waals surface area contributed by atoms with E-state index >= 15 is 0 Å². The van der Waals surface area contributed by atoms with Crippen LogP contribution in [-0.2, 0) is 4.79 Å². The summed E-state index contributed by atoms with van der Waals surface area (Å²) in [4.78, 5) is 10.3. The van der Waals surface area contributed by atoms with Crippen LogP contribution >= 0.6 is 0 Å². The molecule has 3 N–H and O–H groups in total. The summed E-state index contributed by atoms with van der Waals surface area (Å²) in [6, 6.07) is 0. The van der Waals surface area contributed by atoms with Crippen LogP contribution in [0.5, 0.6) is 0 Å². The largest absolute Gasteiger partial charge is 0.481 e. The number of carbonyl (C=O) groups is 1. The van der Waals surface area contributed by atoms with Gasteiger partial charge in [0.1, 0.15) is 0 Å². The van der Waals surface area contributed by atoms with Crippen molar-refractivity contribution in [1.29, 1.82) is 0 Å². The molecule has 0 aromatic carbocycles. The highest BCUT2D eigenvalue weighted by Crippen LogP contribution is 2.11. The molecule has 130 valence electrons. The normalized spacial score (nSPS) is 14.3. The van der Waals surface area contributed by atoms with E-state index in [1.54, 1.807) is 12.2 Å². The van der Waals surface area contributed by atoms with E-state index in [4.69, 9.17) is 5.11 Å². The van der Waals surface area contributed by atoms with Gasteiger partial charge in [-0.15, -0.1) is 0 Å². The highest BCUT2D eigenvalue weighted by Gasteiger charge is 2.03. The quantitative estimate of drug-likeness (QED) is 0.315. The highest BCUT2D eigenvalue weighted by molar-refractivity contribution is 5.66. The van der Waals surface area contributed by atoms with Crippen molar-refractivity contribution in [2.45, 2.75) is 96.2 Å². The molecular weight excluding hydrogens is 280 g/mol. The first-order valence-electron chi connectivity index (χ1n) is 8.82. The molecule has 0 aliphatic heterocycles. The molecule has 0 aromatic rings. The highest BCUT2D eigenvalue weighted by atomic mass is 16.4. The molecule has 4 heteroatoms. The molecular formula is C18H34O4. The Morgan fingerprint density at radius 3 is 1.77 bits per heavy atom. The van der Waals surface area contributed by atoms with Crippen molar-refractivity contribution < 1.29 is 20.1 Å². The maximum atomic E-state index is 10.3. The zero-order valence-corrected chi connectivity index (χ0v) is 14.0. The van der Waals surface area contributed by atoms with Crippen molar-refractivity contribution in [2.75, 3.05) is 0 Å². The number of unbranched alkanes of at least 4 members (excludes halogenated alkanes) is 7. The van der Waals surface area contributed by atoms with Crippen LogP contribution in [0.1, 0.15) is 84.0 Å². The number of aliphatic hydroxyl groups is 2. The molecule has 0 amide bonds. The fourth-order valence-electron chi connectivity index (χ4n) is 2.39. The van der Waals surface area contributed by atoms with Crippen LogP contribution in [-0.4, -0.2) is 33.5 Å². The van der Waals surface area contributed by atoms with Gasteiger partial charge in [0.05, 0.1) is 12.2 Å². The summed E-state index contributed by atoms with van der Waals surface area (Å²) < 4.78 is 0. The molecule has 0 aliphatic rings. The molecule has 4 nitrogen and oxygen atoms in total. The number of carboxylic acids is 1. The topological polar surface area (TPSA) is 77.8 Å². The molecule has 0 aromatic heterocycles. The van der Waals surface area contributed by atoms with Crippen LogP contribution in [0.4, 0.5) is 0 Å². The van der Waals surface area contributed by atoms with Crippen LogP contribution in [0.3, 0.4) is 0 Å². The van der Waals surface area contributed by atoms with Gasteiger partial charge in [-0.2, -0.15) is 0 Å². The minimum absolute atomic E-state index is 0.251. The third-order valence-corrected chi connectivity index (χ3v) is 3.80.